The number of carbonyl (C=O) groups excluding carboxylic acids is 1. The molecule has 0 saturated heterocycles. The lowest BCUT2D eigenvalue weighted by Crippen LogP contribution is -2.08. The van der Waals surface area contributed by atoms with Gasteiger partial charge in [-0.2, -0.15) is 4.89 Å². The first-order valence-corrected chi connectivity index (χ1v) is 6.28. The monoisotopic (exact) mass is 268 g/mol. The van der Waals surface area contributed by atoms with Crippen LogP contribution in [0.25, 0.3) is 0 Å². The lowest BCUT2D eigenvalue weighted by Gasteiger charge is -2.09. The van der Waals surface area contributed by atoms with Crippen molar-refractivity contribution in [2.75, 3.05) is 20.8 Å². The summed E-state index contributed by atoms with van der Waals surface area (Å²) in [7, 11) is 3.03. The van der Waals surface area contributed by atoms with E-state index in [1.165, 1.54) is 7.11 Å². The largest absolute Gasteiger partial charge is 0.497 e. The lowest BCUT2D eigenvalue weighted by atomic mass is 10.2. The minimum Gasteiger partial charge on any atom is -0.497 e. The van der Waals surface area contributed by atoms with Gasteiger partial charge < -0.3 is 9.47 Å². The first-order valence-electron chi connectivity index (χ1n) is 6.28. The highest BCUT2D eigenvalue weighted by molar-refractivity contribution is 5.92. The van der Waals surface area contributed by atoms with E-state index in [9.17, 15) is 4.79 Å². The second-order valence-corrected chi connectivity index (χ2v) is 3.97. The molecule has 0 heterocycles. The maximum absolute atomic E-state index is 11.8. The van der Waals surface area contributed by atoms with Gasteiger partial charge in [0, 0.05) is 6.07 Å². The molecular weight excluding hydrogens is 248 g/mol. The zero-order valence-electron chi connectivity index (χ0n) is 11.6. The third-order valence-corrected chi connectivity index (χ3v) is 2.59. The minimum atomic E-state index is -0.573. The number of carbonyl (C=O) groups is 1. The third kappa shape index (κ3) is 4.79. The zero-order valence-corrected chi connectivity index (χ0v) is 11.6. The van der Waals surface area contributed by atoms with E-state index in [0.717, 1.165) is 19.3 Å². The molecule has 5 nitrogen and oxygen atoms in total. The maximum Gasteiger partial charge on any atom is 0.376 e. The van der Waals surface area contributed by atoms with Crippen molar-refractivity contribution in [1.82, 2.24) is 0 Å². The average Bonchev–Trinajstić information content (AvgIpc) is 2.46. The summed E-state index contributed by atoms with van der Waals surface area (Å²) in [5, 5.41) is 0. The van der Waals surface area contributed by atoms with Crippen molar-refractivity contribution in [3.8, 4) is 11.5 Å². The van der Waals surface area contributed by atoms with Gasteiger partial charge in [0.2, 0.25) is 0 Å². The van der Waals surface area contributed by atoms with Crippen molar-refractivity contribution < 1.29 is 24.0 Å². The summed E-state index contributed by atoms with van der Waals surface area (Å²) in [6, 6.07) is 4.86. The van der Waals surface area contributed by atoms with Gasteiger partial charge >= 0.3 is 5.97 Å². The molecule has 1 aromatic rings. The molecule has 0 N–H and O–H groups in total. The molecule has 5 heteroatoms. The predicted octanol–water partition coefficient (Wildman–Crippen LogP) is 2.98. The molecule has 0 aliphatic carbocycles. The fourth-order valence-electron chi connectivity index (χ4n) is 1.52. The fourth-order valence-corrected chi connectivity index (χ4v) is 1.52. The van der Waals surface area contributed by atoms with Crippen molar-refractivity contribution in [2.24, 2.45) is 0 Å². The summed E-state index contributed by atoms with van der Waals surface area (Å²) in [6.45, 7) is 2.49. The molecule has 0 aliphatic rings. The molecule has 0 spiro atoms. The van der Waals surface area contributed by atoms with Crippen molar-refractivity contribution >= 4 is 5.97 Å². The quantitative estimate of drug-likeness (QED) is 0.412. The van der Waals surface area contributed by atoms with Crippen LogP contribution >= 0.6 is 0 Å². The Kier molecular flexibility index (Phi) is 6.74. The van der Waals surface area contributed by atoms with Gasteiger partial charge in [-0.05, 0) is 18.6 Å². The Morgan fingerprint density at radius 2 is 1.95 bits per heavy atom. The van der Waals surface area contributed by atoms with Crippen LogP contribution in [0.1, 0.15) is 36.5 Å². The molecule has 0 amide bonds. The number of methoxy groups -OCH3 is 2. The second-order valence-electron chi connectivity index (χ2n) is 3.97. The van der Waals surface area contributed by atoms with Crippen molar-refractivity contribution in [3.05, 3.63) is 23.8 Å². The van der Waals surface area contributed by atoms with E-state index in [0.29, 0.717) is 23.7 Å². The highest BCUT2D eigenvalue weighted by Gasteiger charge is 2.15. The molecule has 0 unspecified atom stereocenters. The highest BCUT2D eigenvalue weighted by Crippen LogP contribution is 2.25. The molecule has 0 fully saturated rings. The first-order chi connectivity index (χ1) is 9.22. The third-order valence-electron chi connectivity index (χ3n) is 2.59. The van der Waals surface area contributed by atoms with Gasteiger partial charge in [0.1, 0.15) is 17.1 Å². The number of ether oxygens (including phenoxy) is 2. The van der Waals surface area contributed by atoms with E-state index in [4.69, 9.17) is 19.2 Å². The van der Waals surface area contributed by atoms with Gasteiger partial charge in [-0.25, -0.2) is 4.79 Å². The molecule has 19 heavy (non-hydrogen) atoms. The van der Waals surface area contributed by atoms with Crippen molar-refractivity contribution in [1.29, 1.82) is 0 Å². The van der Waals surface area contributed by atoms with Crippen LogP contribution in [0.5, 0.6) is 11.5 Å². The fraction of sp³-hybridized carbons (Fsp3) is 0.500. The molecular formula is C14H20O5. The van der Waals surface area contributed by atoms with E-state index < -0.39 is 5.97 Å². The molecule has 1 aromatic carbocycles. The van der Waals surface area contributed by atoms with Crippen LogP contribution in [0, 0.1) is 0 Å². The Hall–Kier alpha value is -1.75. The Balaban J connectivity index is 2.56. The molecule has 106 valence electrons. The lowest BCUT2D eigenvalue weighted by molar-refractivity contribution is -0.241. The Bertz CT molecular complexity index is 403. The van der Waals surface area contributed by atoms with Gasteiger partial charge in [0.15, 0.2) is 0 Å². The van der Waals surface area contributed by atoms with E-state index in [-0.39, 0.29) is 0 Å². The van der Waals surface area contributed by atoms with E-state index in [1.807, 2.05) is 0 Å². The summed E-state index contributed by atoms with van der Waals surface area (Å²) < 4.78 is 10.2. The van der Waals surface area contributed by atoms with Crippen LogP contribution in [-0.4, -0.2) is 26.8 Å². The Labute approximate surface area is 113 Å². The first kappa shape index (κ1) is 15.3. The Morgan fingerprint density at radius 3 is 2.58 bits per heavy atom. The summed E-state index contributed by atoms with van der Waals surface area (Å²) in [5.41, 5.74) is 0.304. The molecule has 1 rings (SSSR count). The maximum atomic E-state index is 11.8. The van der Waals surface area contributed by atoms with E-state index in [1.54, 1.807) is 25.3 Å². The normalized spacial score (nSPS) is 10.1. The Morgan fingerprint density at radius 1 is 1.16 bits per heavy atom. The van der Waals surface area contributed by atoms with Crippen LogP contribution in [0.4, 0.5) is 0 Å². The van der Waals surface area contributed by atoms with E-state index in [2.05, 4.69) is 6.92 Å². The summed E-state index contributed by atoms with van der Waals surface area (Å²) in [5.74, 6) is 0.426. The summed E-state index contributed by atoms with van der Waals surface area (Å²) >= 11 is 0. The molecule has 0 bridgehead atoms. The van der Waals surface area contributed by atoms with Crippen molar-refractivity contribution in [2.45, 2.75) is 26.2 Å². The number of rotatable bonds is 8. The van der Waals surface area contributed by atoms with Crippen molar-refractivity contribution in [3.63, 3.8) is 0 Å². The second kappa shape index (κ2) is 8.37. The van der Waals surface area contributed by atoms with Gasteiger partial charge in [-0.15, -0.1) is 0 Å². The number of hydrogen-bond donors (Lipinski definition) is 0. The number of benzene rings is 1. The predicted molar refractivity (Wildman–Crippen MR) is 70.4 cm³/mol. The van der Waals surface area contributed by atoms with Gasteiger partial charge in [-0.3, -0.25) is 4.89 Å². The average molecular weight is 268 g/mol. The summed E-state index contributed by atoms with van der Waals surface area (Å²) in [4.78, 5) is 21.4. The highest BCUT2D eigenvalue weighted by atomic mass is 17.2. The molecule has 0 saturated carbocycles. The van der Waals surface area contributed by atoms with Crippen LogP contribution in [0.3, 0.4) is 0 Å². The van der Waals surface area contributed by atoms with Crippen LogP contribution in [0.15, 0.2) is 18.2 Å². The van der Waals surface area contributed by atoms with Gasteiger partial charge in [0.05, 0.1) is 20.8 Å². The van der Waals surface area contributed by atoms with Crippen LogP contribution in [0.2, 0.25) is 0 Å². The smallest absolute Gasteiger partial charge is 0.376 e. The van der Waals surface area contributed by atoms with Crippen LogP contribution < -0.4 is 9.47 Å². The van der Waals surface area contributed by atoms with Crippen LogP contribution in [-0.2, 0) is 9.78 Å². The van der Waals surface area contributed by atoms with E-state index >= 15 is 0 Å². The number of unbranched alkanes of at least 4 members (excludes halogenated alkanes) is 2. The number of hydrogen-bond acceptors (Lipinski definition) is 5. The van der Waals surface area contributed by atoms with Gasteiger partial charge in [-0.1, -0.05) is 19.8 Å². The molecule has 0 aliphatic heterocycles. The molecule has 0 radical (unpaired) electrons. The summed E-state index contributed by atoms with van der Waals surface area (Å²) in [6.07, 6.45) is 3.00. The molecule has 0 aromatic heterocycles. The minimum absolute atomic E-state index is 0.304. The van der Waals surface area contributed by atoms with Gasteiger partial charge in [0.25, 0.3) is 0 Å². The standard InChI is InChI=1S/C14H20O5/c1-4-5-6-9-18-19-14(15)12-8-7-11(16-2)10-13(12)17-3/h7-8,10H,4-6,9H2,1-3H3. The molecule has 0 atom stereocenters. The SMILES string of the molecule is CCCCCOOC(=O)c1ccc(OC)cc1OC. The topological polar surface area (TPSA) is 54.0 Å². The zero-order chi connectivity index (χ0) is 14.1.